The van der Waals surface area contributed by atoms with Gasteiger partial charge in [0, 0.05) is 19.4 Å². The molecule has 9 N–H and O–H groups in total. The molecule has 2 fully saturated rings. The Morgan fingerprint density at radius 1 is 0.400 bits per heavy atom. The Balaban J connectivity index is 2.25. The fourth-order valence-corrected chi connectivity index (χ4v) is 10.3. The van der Waals surface area contributed by atoms with Gasteiger partial charge in [0.2, 0.25) is 0 Å². The van der Waals surface area contributed by atoms with E-state index in [1.807, 2.05) is 0 Å². The molecule has 2 saturated heterocycles. The van der Waals surface area contributed by atoms with Crippen molar-refractivity contribution in [2.24, 2.45) is 5.41 Å². The normalized spacial score (nSPS) is 27.9. The number of carbonyl (C=O) groups excluding carboxylic acids is 2. The van der Waals surface area contributed by atoms with Crippen molar-refractivity contribution in [2.75, 3.05) is 19.8 Å². The quantitative estimate of drug-likeness (QED) is 0.0349. The molecule has 0 aliphatic carbocycles. The van der Waals surface area contributed by atoms with Gasteiger partial charge in [-0.25, -0.2) is 0 Å². The lowest BCUT2D eigenvalue weighted by molar-refractivity contribution is -0.507. The Morgan fingerprint density at radius 3 is 0.923 bits per heavy atom. The maximum absolute atomic E-state index is 15.6. The van der Waals surface area contributed by atoms with E-state index >= 15 is 9.90 Å². The van der Waals surface area contributed by atoms with Crippen molar-refractivity contribution < 1.29 is 70.1 Å². The van der Waals surface area contributed by atoms with E-state index < -0.39 is 116 Å². The molecule has 0 bridgehead atoms. The van der Waals surface area contributed by atoms with Crippen LogP contribution >= 0.6 is 0 Å². The van der Waals surface area contributed by atoms with Crippen LogP contribution < -0.4 is 5.11 Å². The lowest BCUT2D eigenvalue weighted by Crippen LogP contribution is -2.83. The maximum Gasteiger partial charge on any atom is 0.144 e. The second kappa shape index (κ2) is 34.2. The first-order valence-electron chi connectivity index (χ1n) is 26.3. The number of aliphatic hydroxyl groups excluding tert-OH is 9. The summed E-state index contributed by atoms with van der Waals surface area (Å²) in [5, 5.41) is 114. The Kier molecular flexibility index (Phi) is 31.6. The molecule has 0 aromatic rings. The molecule has 384 valence electrons. The molecule has 14 heteroatoms. The minimum Gasteiger partial charge on any atom is -0.841 e. The van der Waals surface area contributed by atoms with Gasteiger partial charge in [-0.15, -0.1) is 0 Å². The summed E-state index contributed by atoms with van der Waals surface area (Å²) in [5.74, 6) is -2.23. The molecule has 11 atom stereocenters. The first-order chi connectivity index (χ1) is 31.3. The van der Waals surface area contributed by atoms with E-state index in [0.29, 0.717) is 12.8 Å². The number of Topliss-reactive ketones (excluding diaryl/α,β-unsaturated/α-hetero) is 2. The minimum absolute atomic E-state index is 0.183. The van der Waals surface area contributed by atoms with Crippen molar-refractivity contribution in [2.45, 2.75) is 286 Å². The molecule has 0 radical (unpaired) electrons. The van der Waals surface area contributed by atoms with E-state index in [9.17, 15) is 50.8 Å². The first-order valence-corrected chi connectivity index (χ1v) is 26.3. The lowest BCUT2D eigenvalue weighted by Gasteiger charge is -2.63. The van der Waals surface area contributed by atoms with E-state index in [2.05, 4.69) is 13.8 Å². The third-order valence-corrected chi connectivity index (χ3v) is 14.5. The van der Waals surface area contributed by atoms with Gasteiger partial charge in [-0.3, -0.25) is 4.79 Å². The second-order valence-corrected chi connectivity index (χ2v) is 19.6. The van der Waals surface area contributed by atoms with Crippen molar-refractivity contribution in [3.8, 4) is 0 Å². The number of aliphatic hydroxyl groups is 9. The molecule has 14 nitrogen and oxygen atoms in total. The molecule has 2 rings (SSSR count). The Hall–Kier alpha value is -1.14. The Morgan fingerprint density at radius 2 is 0.662 bits per heavy atom. The smallest absolute Gasteiger partial charge is 0.144 e. The van der Waals surface area contributed by atoms with E-state index in [4.69, 9.17) is 9.47 Å². The van der Waals surface area contributed by atoms with Crippen molar-refractivity contribution in [1.82, 2.24) is 0 Å². The third kappa shape index (κ3) is 18.3. The SMILES string of the molecule is CCCCCCCCCCCCCCCCCC(=O)C([O-])(CO)C(C(=O)CCCCCCCCCCCCCCCCC)(C1O[C@H](CO)[C@H](O)[C@H](O)[C@H]1O)C1O[C@H](CO)[C@H](O)[C@H](O)[C@H]1O. The molecule has 0 spiro atoms. The van der Waals surface area contributed by atoms with Crippen LogP contribution in [0.3, 0.4) is 0 Å². The van der Waals surface area contributed by atoms with Crippen LogP contribution in [0.1, 0.15) is 219 Å². The number of ketones is 2. The van der Waals surface area contributed by atoms with Crippen molar-refractivity contribution in [1.29, 1.82) is 0 Å². The zero-order valence-corrected chi connectivity index (χ0v) is 40.6. The Labute approximate surface area is 391 Å². The number of unbranched alkanes of at least 4 members (excludes halogenated alkanes) is 28. The molecule has 0 amide bonds. The Bertz CT molecular complexity index is 1180. The monoisotopic (exact) mass is 932 g/mol. The zero-order chi connectivity index (χ0) is 48.1. The summed E-state index contributed by atoms with van der Waals surface area (Å²) in [6, 6.07) is 0. The number of hydrogen-bond donors (Lipinski definition) is 9. The summed E-state index contributed by atoms with van der Waals surface area (Å²) in [7, 11) is 0. The molecule has 2 aliphatic heterocycles. The van der Waals surface area contributed by atoms with Gasteiger partial charge in [-0.05, 0) is 18.4 Å². The summed E-state index contributed by atoms with van der Waals surface area (Å²) in [6.45, 7) is 0.958. The highest BCUT2D eigenvalue weighted by Gasteiger charge is 2.69. The van der Waals surface area contributed by atoms with Gasteiger partial charge in [-0.2, -0.15) is 0 Å². The highest BCUT2D eigenvalue weighted by molar-refractivity contribution is 5.98. The van der Waals surface area contributed by atoms with Gasteiger partial charge in [0.1, 0.15) is 72.6 Å². The van der Waals surface area contributed by atoms with Crippen molar-refractivity contribution in [3.63, 3.8) is 0 Å². The predicted octanol–water partition coefficient (Wildman–Crippen LogP) is 5.41. The highest BCUT2D eigenvalue weighted by Crippen LogP contribution is 2.50. The zero-order valence-electron chi connectivity index (χ0n) is 40.6. The fraction of sp³-hybridized carbons (Fsp3) is 0.961. The van der Waals surface area contributed by atoms with E-state index in [-0.39, 0.29) is 12.8 Å². The topological polar surface area (TPSA) is 258 Å². The number of ether oxygens (including phenoxy) is 2. The third-order valence-electron chi connectivity index (χ3n) is 14.5. The second-order valence-electron chi connectivity index (χ2n) is 19.6. The van der Waals surface area contributed by atoms with Gasteiger partial charge in [0.15, 0.2) is 0 Å². The van der Waals surface area contributed by atoms with Crippen LogP contribution in [0.25, 0.3) is 0 Å². The molecular weight excluding hydrogens is 837 g/mol. The van der Waals surface area contributed by atoms with E-state index in [1.54, 1.807) is 0 Å². The molecule has 3 unspecified atom stereocenters. The summed E-state index contributed by atoms with van der Waals surface area (Å²) < 4.78 is 11.8. The van der Waals surface area contributed by atoms with Gasteiger partial charge < -0.3 is 65.3 Å². The van der Waals surface area contributed by atoms with Crippen molar-refractivity contribution >= 4 is 11.6 Å². The molecule has 2 heterocycles. The summed E-state index contributed by atoms with van der Waals surface area (Å²) in [5.41, 5.74) is -6.57. The van der Waals surface area contributed by atoms with Gasteiger partial charge in [0.25, 0.3) is 0 Å². The first kappa shape index (κ1) is 60.0. The minimum atomic E-state index is -3.45. The predicted molar refractivity (Wildman–Crippen MR) is 249 cm³/mol. The summed E-state index contributed by atoms with van der Waals surface area (Å²) in [4.78, 5) is 29.6. The van der Waals surface area contributed by atoms with Crippen LogP contribution in [0.4, 0.5) is 0 Å². The van der Waals surface area contributed by atoms with Gasteiger partial charge in [-0.1, -0.05) is 194 Å². The van der Waals surface area contributed by atoms with Crippen LogP contribution in [0.5, 0.6) is 0 Å². The van der Waals surface area contributed by atoms with Crippen LogP contribution in [0.2, 0.25) is 0 Å². The van der Waals surface area contributed by atoms with Crippen LogP contribution in [0, 0.1) is 5.41 Å². The number of hydrogen-bond acceptors (Lipinski definition) is 14. The summed E-state index contributed by atoms with van der Waals surface area (Å²) in [6.07, 6.45) is 10.2. The lowest BCUT2D eigenvalue weighted by atomic mass is 9.55. The van der Waals surface area contributed by atoms with Crippen LogP contribution in [-0.4, -0.2) is 144 Å². The average Bonchev–Trinajstić information content (AvgIpc) is 3.31. The molecule has 0 aromatic carbocycles. The highest BCUT2D eigenvalue weighted by atomic mass is 16.6. The van der Waals surface area contributed by atoms with Crippen LogP contribution in [-0.2, 0) is 19.1 Å². The average molecular weight is 932 g/mol. The van der Waals surface area contributed by atoms with E-state index in [1.165, 1.54) is 103 Å². The number of carbonyl (C=O) groups is 2. The molecule has 65 heavy (non-hydrogen) atoms. The molecular formula is C51H95O14-. The standard InChI is InChI=1S/C51H95O14/c1-3-5-7-9-11-13-15-17-19-21-23-25-27-29-31-33-40(55)50(63,37-54)51(48-46(61)44(59)42(57)38(35-52)64-48,49-47(62)45(60)43(58)39(36-53)65-49)41(56)34-32-30-28-26-24-22-20-18-16-14-12-10-8-6-4-2/h38-39,42-49,52-54,57-62H,3-37H2,1-2H3/q-1/t38-,39-,42+,43+,44+,45+,46-,47-,48?,49?,50?,51?/m1/s1. The molecule has 0 aromatic heterocycles. The van der Waals surface area contributed by atoms with Gasteiger partial charge in [0.05, 0.1) is 18.6 Å². The van der Waals surface area contributed by atoms with E-state index in [0.717, 1.165) is 64.2 Å². The fourth-order valence-electron chi connectivity index (χ4n) is 10.3. The number of rotatable bonds is 40. The van der Waals surface area contributed by atoms with Gasteiger partial charge >= 0.3 is 0 Å². The largest absolute Gasteiger partial charge is 0.841 e. The van der Waals surface area contributed by atoms with Crippen LogP contribution in [0.15, 0.2) is 0 Å². The summed E-state index contributed by atoms with van der Waals surface area (Å²) >= 11 is 0. The molecule has 2 aliphatic rings. The maximum atomic E-state index is 15.6. The van der Waals surface area contributed by atoms with Crippen molar-refractivity contribution in [3.05, 3.63) is 0 Å². The molecule has 0 saturated carbocycles.